The molecule has 0 saturated carbocycles. The van der Waals surface area contributed by atoms with E-state index in [1.54, 1.807) is 24.3 Å². The predicted octanol–water partition coefficient (Wildman–Crippen LogP) is 2.00. The fourth-order valence-corrected chi connectivity index (χ4v) is 1.55. The third-order valence-corrected chi connectivity index (χ3v) is 2.64. The number of carbonyl (C=O) groups excluding carboxylic acids is 3. The van der Waals surface area contributed by atoms with Gasteiger partial charge < -0.3 is 9.47 Å². The molecule has 0 heterocycles. The standard InChI is InChI=1S/C14H16O5/c1-18-13(16)5-3-4-12(15)10-6-8-11(9-7-10)14(17)19-2/h6-9H,3-5H2,1-2H3. The molecule has 1 aromatic rings. The number of ether oxygens (including phenoxy) is 2. The number of esters is 2. The summed E-state index contributed by atoms with van der Waals surface area (Å²) in [7, 11) is 2.61. The molecule has 1 aromatic carbocycles. The molecule has 5 nitrogen and oxygen atoms in total. The number of hydrogen-bond acceptors (Lipinski definition) is 5. The molecule has 0 aromatic heterocycles. The van der Waals surface area contributed by atoms with Crippen LogP contribution < -0.4 is 0 Å². The lowest BCUT2D eigenvalue weighted by Gasteiger charge is -2.03. The molecule has 0 saturated heterocycles. The van der Waals surface area contributed by atoms with E-state index in [2.05, 4.69) is 9.47 Å². The van der Waals surface area contributed by atoms with Crippen molar-refractivity contribution >= 4 is 17.7 Å². The molecule has 0 bridgehead atoms. The second-order valence-corrected chi connectivity index (χ2v) is 3.92. The van der Waals surface area contributed by atoms with E-state index >= 15 is 0 Å². The Labute approximate surface area is 111 Å². The number of hydrogen-bond donors (Lipinski definition) is 0. The van der Waals surface area contributed by atoms with E-state index in [4.69, 9.17) is 0 Å². The summed E-state index contributed by atoms with van der Waals surface area (Å²) in [4.78, 5) is 33.9. The Morgan fingerprint density at radius 3 is 2.00 bits per heavy atom. The third-order valence-electron chi connectivity index (χ3n) is 2.64. The van der Waals surface area contributed by atoms with Crippen LogP contribution in [0.1, 0.15) is 40.0 Å². The summed E-state index contributed by atoms with van der Waals surface area (Å²) in [6.07, 6.45) is 0.944. The van der Waals surface area contributed by atoms with E-state index < -0.39 is 5.97 Å². The van der Waals surface area contributed by atoms with E-state index in [0.717, 1.165) is 0 Å². The highest BCUT2D eigenvalue weighted by atomic mass is 16.5. The molecule has 0 spiro atoms. The van der Waals surface area contributed by atoms with Gasteiger partial charge in [0, 0.05) is 18.4 Å². The Kier molecular flexibility index (Phi) is 5.73. The molecule has 19 heavy (non-hydrogen) atoms. The smallest absolute Gasteiger partial charge is 0.337 e. The molecular weight excluding hydrogens is 248 g/mol. The van der Waals surface area contributed by atoms with Gasteiger partial charge in [-0.3, -0.25) is 9.59 Å². The second kappa shape index (κ2) is 7.31. The minimum atomic E-state index is -0.440. The van der Waals surface area contributed by atoms with Gasteiger partial charge >= 0.3 is 11.9 Å². The van der Waals surface area contributed by atoms with Crippen molar-refractivity contribution in [2.45, 2.75) is 19.3 Å². The quantitative estimate of drug-likeness (QED) is 0.580. The number of carbonyl (C=O) groups is 3. The number of rotatable bonds is 6. The van der Waals surface area contributed by atoms with Crippen molar-refractivity contribution in [3.63, 3.8) is 0 Å². The zero-order chi connectivity index (χ0) is 14.3. The number of methoxy groups -OCH3 is 2. The summed E-state index contributed by atoms with van der Waals surface area (Å²) in [5.41, 5.74) is 0.908. The Balaban J connectivity index is 2.53. The van der Waals surface area contributed by atoms with E-state index in [1.807, 2.05) is 0 Å². The van der Waals surface area contributed by atoms with Crippen LogP contribution >= 0.6 is 0 Å². The predicted molar refractivity (Wildman–Crippen MR) is 68.0 cm³/mol. The van der Waals surface area contributed by atoms with Crippen molar-refractivity contribution < 1.29 is 23.9 Å². The van der Waals surface area contributed by atoms with Crippen LogP contribution in [0.2, 0.25) is 0 Å². The second-order valence-electron chi connectivity index (χ2n) is 3.92. The Morgan fingerprint density at radius 1 is 0.895 bits per heavy atom. The van der Waals surface area contributed by atoms with Crippen LogP contribution in [-0.4, -0.2) is 31.9 Å². The van der Waals surface area contributed by atoms with Gasteiger partial charge in [-0.25, -0.2) is 4.79 Å². The van der Waals surface area contributed by atoms with Crippen LogP contribution in [0.5, 0.6) is 0 Å². The van der Waals surface area contributed by atoms with Crippen LogP contribution in [-0.2, 0) is 14.3 Å². The highest BCUT2D eigenvalue weighted by Gasteiger charge is 2.10. The summed E-state index contributed by atoms with van der Waals surface area (Å²) in [6, 6.07) is 6.23. The molecule has 102 valence electrons. The summed E-state index contributed by atoms with van der Waals surface area (Å²) in [5, 5.41) is 0. The number of Topliss-reactive ketones (excluding diaryl/α,β-unsaturated/α-hetero) is 1. The Bertz CT molecular complexity index is 461. The molecule has 0 aliphatic heterocycles. The van der Waals surface area contributed by atoms with Crippen molar-refractivity contribution in [3.05, 3.63) is 35.4 Å². The van der Waals surface area contributed by atoms with Crippen molar-refractivity contribution in [1.29, 1.82) is 0 Å². The maximum Gasteiger partial charge on any atom is 0.337 e. The van der Waals surface area contributed by atoms with E-state index in [-0.39, 0.29) is 24.6 Å². The highest BCUT2D eigenvalue weighted by molar-refractivity contribution is 5.97. The lowest BCUT2D eigenvalue weighted by atomic mass is 10.0. The lowest BCUT2D eigenvalue weighted by molar-refractivity contribution is -0.140. The first-order valence-corrected chi connectivity index (χ1v) is 5.87. The normalized spacial score (nSPS) is 9.79. The van der Waals surface area contributed by atoms with Gasteiger partial charge in [0.05, 0.1) is 19.8 Å². The van der Waals surface area contributed by atoms with Gasteiger partial charge in [-0.2, -0.15) is 0 Å². The van der Waals surface area contributed by atoms with Gasteiger partial charge in [0.25, 0.3) is 0 Å². The highest BCUT2D eigenvalue weighted by Crippen LogP contribution is 2.10. The van der Waals surface area contributed by atoms with Gasteiger partial charge in [0.15, 0.2) is 5.78 Å². The molecule has 5 heteroatoms. The topological polar surface area (TPSA) is 69.7 Å². The van der Waals surface area contributed by atoms with Crippen LogP contribution in [0.15, 0.2) is 24.3 Å². The van der Waals surface area contributed by atoms with Crippen molar-refractivity contribution in [2.75, 3.05) is 14.2 Å². The van der Waals surface area contributed by atoms with Gasteiger partial charge in [0.1, 0.15) is 0 Å². The molecule has 0 N–H and O–H groups in total. The minimum Gasteiger partial charge on any atom is -0.469 e. The molecule has 0 amide bonds. The first-order chi connectivity index (χ1) is 9.08. The van der Waals surface area contributed by atoms with Gasteiger partial charge in [-0.05, 0) is 18.6 Å². The first kappa shape index (κ1) is 14.9. The molecule has 0 aliphatic carbocycles. The number of benzene rings is 1. The molecule has 0 fully saturated rings. The average molecular weight is 264 g/mol. The average Bonchev–Trinajstić information content (AvgIpc) is 2.46. The largest absolute Gasteiger partial charge is 0.469 e. The zero-order valence-electron chi connectivity index (χ0n) is 11.0. The number of ketones is 1. The van der Waals surface area contributed by atoms with E-state index in [9.17, 15) is 14.4 Å². The van der Waals surface area contributed by atoms with Crippen molar-refractivity contribution in [1.82, 2.24) is 0 Å². The van der Waals surface area contributed by atoms with E-state index in [0.29, 0.717) is 17.5 Å². The minimum absolute atomic E-state index is 0.0691. The zero-order valence-corrected chi connectivity index (χ0v) is 11.0. The monoisotopic (exact) mass is 264 g/mol. The Hall–Kier alpha value is -2.17. The molecule has 0 unspecified atom stereocenters. The van der Waals surface area contributed by atoms with Crippen LogP contribution in [0, 0.1) is 0 Å². The first-order valence-electron chi connectivity index (χ1n) is 5.87. The van der Waals surface area contributed by atoms with Gasteiger partial charge in [0.2, 0.25) is 0 Å². The molecule has 0 radical (unpaired) electrons. The SMILES string of the molecule is COC(=O)CCCC(=O)c1ccc(C(=O)OC)cc1. The lowest BCUT2D eigenvalue weighted by Crippen LogP contribution is -2.05. The van der Waals surface area contributed by atoms with Crippen LogP contribution in [0.3, 0.4) is 0 Å². The van der Waals surface area contributed by atoms with Crippen LogP contribution in [0.25, 0.3) is 0 Å². The molecule has 0 atom stereocenters. The third kappa shape index (κ3) is 4.54. The van der Waals surface area contributed by atoms with Gasteiger partial charge in [-0.1, -0.05) is 12.1 Å². The summed E-state index contributed by atoms with van der Waals surface area (Å²) >= 11 is 0. The van der Waals surface area contributed by atoms with Gasteiger partial charge in [-0.15, -0.1) is 0 Å². The van der Waals surface area contributed by atoms with Crippen molar-refractivity contribution in [3.8, 4) is 0 Å². The summed E-state index contributed by atoms with van der Waals surface area (Å²) in [6.45, 7) is 0. The fraction of sp³-hybridized carbons (Fsp3) is 0.357. The van der Waals surface area contributed by atoms with E-state index in [1.165, 1.54) is 14.2 Å². The Morgan fingerprint density at radius 2 is 1.47 bits per heavy atom. The summed E-state index contributed by atoms with van der Waals surface area (Å²) in [5.74, 6) is -0.834. The maximum absolute atomic E-state index is 11.8. The molecular formula is C14H16O5. The molecule has 1 rings (SSSR count). The maximum atomic E-state index is 11.8. The fourth-order valence-electron chi connectivity index (χ4n) is 1.55. The summed E-state index contributed by atoms with van der Waals surface area (Å²) < 4.78 is 9.06. The van der Waals surface area contributed by atoms with Crippen LogP contribution in [0.4, 0.5) is 0 Å². The van der Waals surface area contributed by atoms with Crippen molar-refractivity contribution in [2.24, 2.45) is 0 Å². The molecule has 0 aliphatic rings.